The van der Waals surface area contributed by atoms with Gasteiger partial charge in [-0.1, -0.05) is 0 Å². The Bertz CT molecular complexity index is 247. The van der Waals surface area contributed by atoms with Crippen LogP contribution in [0.5, 0.6) is 0 Å². The minimum Gasteiger partial charge on any atom is -0.383 e. The van der Waals surface area contributed by atoms with Crippen LogP contribution in [0.2, 0.25) is 0 Å². The van der Waals surface area contributed by atoms with E-state index in [-0.39, 0.29) is 6.10 Å². The van der Waals surface area contributed by atoms with Gasteiger partial charge >= 0.3 is 0 Å². The second kappa shape index (κ2) is 4.36. The number of hydrogen-bond acceptors (Lipinski definition) is 4. The highest BCUT2D eigenvalue weighted by atomic mass is 32.2. The van der Waals surface area contributed by atoms with E-state index in [4.69, 9.17) is 9.47 Å². The van der Waals surface area contributed by atoms with Crippen molar-refractivity contribution in [3.05, 3.63) is 0 Å². The van der Waals surface area contributed by atoms with Gasteiger partial charge in [0.2, 0.25) is 10.0 Å². The van der Waals surface area contributed by atoms with Crippen LogP contribution in [0.3, 0.4) is 0 Å². The summed E-state index contributed by atoms with van der Waals surface area (Å²) >= 11 is 0. The van der Waals surface area contributed by atoms with E-state index in [1.165, 1.54) is 10.6 Å². The molecule has 1 heterocycles. The van der Waals surface area contributed by atoms with Crippen molar-refractivity contribution in [1.29, 1.82) is 0 Å². The lowest BCUT2D eigenvalue weighted by Crippen LogP contribution is -2.36. The van der Waals surface area contributed by atoms with Gasteiger partial charge in [0.15, 0.2) is 0 Å². The van der Waals surface area contributed by atoms with Gasteiger partial charge in [-0.15, -0.1) is 0 Å². The van der Waals surface area contributed by atoms with Gasteiger partial charge in [-0.3, -0.25) is 0 Å². The summed E-state index contributed by atoms with van der Waals surface area (Å²) in [5, 5.41) is 0. The average molecular weight is 209 g/mol. The average Bonchev–Trinajstić information content (AvgIpc) is 2.78. The first kappa shape index (κ1) is 10.9. The van der Waals surface area contributed by atoms with E-state index in [0.717, 1.165) is 0 Å². The number of nitrogens with zero attached hydrogens (tertiary/aromatic N) is 1. The van der Waals surface area contributed by atoms with Crippen molar-refractivity contribution in [3.63, 3.8) is 0 Å². The molecule has 0 aliphatic carbocycles. The zero-order chi connectivity index (χ0) is 9.90. The largest absolute Gasteiger partial charge is 0.383 e. The quantitative estimate of drug-likeness (QED) is 0.542. The standard InChI is InChI=1S/C7H15NO4S/c1-11-4-3-8(13(2,9)10)5-7-6-12-7/h7H,3-6H2,1-2H3. The van der Waals surface area contributed by atoms with E-state index in [1.807, 2.05) is 0 Å². The predicted molar refractivity (Wildman–Crippen MR) is 48.0 cm³/mol. The van der Waals surface area contributed by atoms with Crippen LogP contribution in [-0.2, 0) is 19.5 Å². The molecule has 78 valence electrons. The summed E-state index contributed by atoms with van der Waals surface area (Å²) in [6.07, 6.45) is 1.29. The summed E-state index contributed by atoms with van der Waals surface area (Å²) < 4.78 is 33.6. The number of rotatable bonds is 6. The molecule has 1 fully saturated rings. The van der Waals surface area contributed by atoms with Gasteiger partial charge in [-0.05, 0) is 0 Å². The van der Waals surface area contributed by atoms with Crippen molar-refractivity contribution in [2.24, 2.45) is 0 Å². The molecule has 5 nitrogen and oxygen atoms in total. The maximum absolute atomic E-state index is 11.2. The third kappa shape index (κ3) is 4.04. The van der Waals surface area contributed by atoms with Gasteiger partial charge in [0.25, 0.3) is 0 Å². The number of epoxide rings is 1. The first-order valence-corrected chi connectivity index (χ1v) is 5.94. The third-order valence-electron chi connectivity index (χ3n) is 1.82. The lowest BCUT2D eigenvalue weighted by Gasteiger charge is -2.17. The SMILES string of the molecule is COCCN(CC1CO1)S(C)(=O)=O. The van der Waals surface area contributed by atoms with Crippen LogP contribution in [-0.4, -0.2) is 58.5 Å². The minimum absolute atomic E-state index is 0.0894. The smallest absolute Gasteiger partial charge is 0.211 e. The second-order valence-electron chi connectivity index (χ2n) is 3.07. The Morgan fingerprint density at radius 1 is 1.62 bits per heavy atom. The topological polar surface area (TPSA) is 59.1 Å². The summed E-state index contributed by atoms with van der Waals surface area (Å²) in [6.45, 7) is 1.93. The Morgan fingerprint density at radius 3 is 2.62 bits per heavy atom. The molecule has 1 saturated heterocycles. The number of methoxy groups -OCH3 is 1. The fraction of sp³-hybridized carbons (Fsp3) is 1.00. The molecule has 0 aromatic carbocycles. The van der Waals surface area contributed by atoms with Crippen LogP contribution in [0.15, 0.2) is 0 Å². The number of sulfonamides is 1. The van der Waals surface area contributed by atoms with Gasteiger partial charge < -0.3 is 9.47 Å². The molecule has 13 heavy (non-hydrogen) atoms. The maximum Gasteiger partial charge on any atom is 0.211 e. The molecule has 1 rings (SSSR count). The predicted octanol–water partition coefficient (Wildman–Crippen LogP) is -0.707. The summed E-state index contributed by atoms with van der Waals surface area (Å²) in [7, 11) is -1.57. The highest BCUT2D eigenvalue weighted by Gasteiger charge is 2.29. The normalized spacial score (nSPS) is 22.2. The van der Waals surface area contributed by atoms with E-state index in [2.05, 4.69) is 0 Å². The zero-order valence-electron chi connectivity index (χ0n) is 7.89. The molecule has 0 aromatic rings. The number of ether oxygens (including phenoxy) is 2. The van der Waals surface area contributed by atoms with E-state index in [9.17, 15) is 8.42 Å². The van der Waals surface area contributed by atoms with Crippen LogP contribution >= 0.6 is 0 Å². The lowest BCUT2D eigenvalue weighted by atomic mass is 10.5. The van der Waals surface area contributed by atoms with Gasteiger partial charge in [-0.2, -0.15) is 4.31 Å². The Hall–Kier alpha value is -0.170. The Kier molecular flexibility index (Phi) is 3.66. The number of hydrogen-bond donors (Lipinski definition) is 0. The molecular weight excluding hydrogens is 194 g/mol. The summed E-state index contributed by atoms with van der Waals surface area (Å²) in [6, 6.07) is 0. The Morgan fingerprint density at radius 2 is 2.23 bits per heavy atom. The van der Waals surface area contributed by atoms with Crippen LogP contribution in [0.25, 0.3) is 0 Å². The molecule has 1 atom stereocenters. The molecule has 0 aromatic heterocycles. The van der Waals surface area contributed by atoms with Gasteiger partial charge in [0, 0.05) is 20.2 Å². The van der Waals surface area contributed by atoms with Crippen molar-refractivity contribution in [2.45, 2.75) is 6.10 Å². The van der Waals surface area contributed by atoms with E-state index < -0.39 is 10.0 Å². The molecule has 6 heteroatoms. The van der Waals surface area contributed by atoms with E-state index >= 15 is 0 Å². The van der Waals surface area contributed by atoms with Crippen molar-refractivity contribution in [3.8, 4) is 0 Å². The molecule has 0 N–H and O–H groups in total. The lowest BCUT2D eigenvalue weighted by molar-refractivity contribution is 0.176. The van der Waals surface area contributed by atoms with Crippen LogP contribution in [0, 0.1) is 0 Å². The first-order valence-electron chi connectivity index (χ1n) is 4.09. The minimum atomic E-state index is -3.12. The van der Waals surface area contributed by atoms with Gasteiger partial charge in [-0.25, -0.2) is 8.42 Å². The van der Waals surface area contributed by atoms with E-state index in [1.54, 1.807) is 7.11 Å². The monoisotopic (exact) mass is 209 g/mol. The van der Waals surface area contributed by atoms with Crippen LogP contribution in [0.4, 0.5) is 0 Å². The molecule has 0 saturated carbocycles. The Balaban J connectivity index is 2.42. The van der Waals surface area contributed by atoms with Gasteiger partial charge in [0.1, 0.15) is 0 Å². The third-order valence-corrected chi connectivity index (χ3v) is 3.09. The van der Waals surface area contributed by atoms with E-state index in [0.29, 0.717) is 26.3 Å². The summed E-state index contributed by atoms with van der Waals surface area (Å²) in [4.78, 5) is 0. The maximum atomic E-state index is 11.2. The Labute approximate surface area is 78.7 Å². The van der Waals surface area contributed by atoms with Crippen LogP contribution in [0.1, 0.15) is 0 Å². The molecule has 1 aliphatic heterocycles. The van der Waals surface area contributed by atoms with Crippen molar-refractivity contribution < 1.29 is 17.9 Å². The zero-order valence-corrected chi connectivity index (χ0v) is 8.71. The fourth-order valence-electron chi connectivity index (χ4n) is 0.986. The molecular formula is C7H15NO4S. The summed E-state index contributed by atoms with van der Waals surface area (Å²) in [5.74, 6) is 0. The molecule has 0 radical (unpaired) electrons. The highest BCUT2D eigenvalue weighted by molar-refractivity contribution is 7.88. The van der Waals surface area contributed by atoms with Crippen molar-refractivity contribution in [2.75, 3.05) is 39.7 Å². The molecule has 0 spiro atoms. The molecule has 0 bridgehead atoms. The molecule has 1 unspecified atom stereocenters. The molecule has 1 aliphatic rings. The van der Waals surface area contributed by atoms with Crippen LogP contribution < -0.4 is 0 Å². The second-order valence-corrected chi connectivity index (χ2v) is 5.05. The van der Waals surface area contributed by atoms with Gasteiger partial charge in [0.05, 0.1) is 25.6 Å². The fourth-order valence-corrected chi connectivity index (χ4v) is 1.83. The molecule has 0 amide bonds. The highest BCUT2D eigenvalue weighted by Crippen LogP contribution is 2.12. The summed E-state index contributed by atoms with van der Waals surface area (Å²) in [5.41, 5.74) is 0. The van der Waals surface area contributed by atoms with Crippen molar-refractivity contribution in [1.82, 2.24) is 4.31 Å². The first-order chi connectivity index (χ1) is 6.04. The van der Waals surface area contributed by atoms with Crippen molar-refractivity contribution >= 4 is 10.0 Å².